The van der Waals surface area contributed by atoms with Gasteiger partial charge in [-0.15, -0.1) is 0 Å². The molecule has 1 aliphatic carbocycles. The smallest absolute Gasteiger partial charge is 0.325 e. The number of hydrogen-bond donors (Lipinski definition) is 0. The molecule has 0 unspecified atom stereocenters. The number of nitrogens with zero attached hydrogens (tertiary/aromatic N) is 1. The van der Waals surface area contributed by atoms with Gasteiger partial charge in [0.1, 0.15) is 6.54 Å². The van der Waals surface area contributed by atoms with Crippen molar-refractivity contribution in [3.63, 3.8) is 0 Å². The number of amides is 1. The van der Waals surface area contributed by atoms with E-state index in [2.05, 4.69) is 0 Å². The summed E-state index contributed by atoms with van der Waals surface area (Å²) in [6.07, 6.45) is 4.97. The van der Waals surface area contributed by atoms with Gasteiger partial charge >= 0.3 is 5.97 Å². The highest BCUT2D eigenvalue weighted by Gasteiger charge is 2.39. The lowest BCUT2D eigenvalue weighted by Gasteiger charge is -2.30. The van der Waals surface area contributed by atoms with Crippen LogP contribution in [0.2, 0.25) is 0 Å². The van der Waals surface area contributed by atoms with Crippen molar-refractivity contribution in [1.29, 1.82) is 0 Å². The summed E-state index contributed by atoms with van der Waals surface area (Å²) in [7, 11) is 0. The molecule has 1 rings (SSSR count). The van der Waals surface area contributed by atoms with Gasteiger partial charge in [-0.25, -0.2) is 0 Å². The second kappa shape index (κ2) is 6.76. The lowest BCUT2D eigenvalue weighted by atomic mass is 9.87. The quantitative estimate of drug-likeness (QED) is 0.685. The van der Waals surface area contributed by atoms with E-state index in [1.807, 2.05) is 13.8 Å². The summed E-state index contributed by atoms with van der Waals surface area (Å²) in [5, 5.41) is 0. The molecule has 104 valence electrons. The van der Waals surface area contributed by atoms with Crippen LogP contribution in [0.4, 0.5) is 0 Å². The number of ether oxygens (including phenoxy) is 1. The zero-order chi connectivity index (χ0) is 13.6. The van der Waals surface area contributed by atoms with Crippen LogP contribution in [0.5, 0.6) is 0 Å². The van der Waals surface area contributed by atoms with E-state index in [0.29, 0.717) is 13.2 Å². The minimum absolute atomic E-state index is 0.0934. The fraction of sp³-hybridized carbons (Fsp3) is 0.857. The van der Waals surface area contributed by atoms with Gasteiger partial charge in [0.2, 0.25) is 5.91 Å². The van der Waals surface area contributed by atoms with E-state index >= 15 is 0 Å². The summed E-state index contributed by atoms with van der Waals surface area (Å²) in [5.74, 6) is -0.184. The van der Waals surface area contributed by atoms with Gasteiger partial charge in [-0.2, -0.15) is 0 Å². The molecule has 0 saturated heterocycles. The standard InChI is InChI=1S/C14H25NO3/c1-4-10-15(11-12(16)18-5-2)13(17)14(3)8-6-7-9-14/h4-11H2,1-3H3. The Balaban J connectivity index is 2.65. The third kappa shape index (κ3) is 3.72. The van der Waals surface area contributed by atoms with E-state index in [1.54, 1.807) is 11.8 Å². The van der Waals surface area contributed by atoms with Crippen molar-refractivity contribution in [3.05, 3.63) is 0 Å². The van der Waals surface area contributed by atoms with Gasteiger partial charge in [0, 0.05) is 12.0 Å². The number of carbonyl (C=O) groups excluding carboxylic acids is 2. The fourth-order valence-electron chi connectivity index (χ4n) is 2.64. The van der Waals surface area contributed by atoms with Crippen molar-refractivity contribution in [1.82, 2.24) is 4.90 Å². The van der Waals surface area contributed by atoms with Crippen molar-refractivity contribution < 1.29 is 14.3 Å². The third-order valence-electron chi connectivity index (χ3n) is 3.63. The number of esters is 1. The lowest BCUT2D eigenvalue weighted by Crippen LogP contribution is -2.44. The van der Waals surface area contributed by atoms with Crippen molar-refractivity contribution in [3.8, 4) is 0 Å². The molecule has 1 aliphatic rings. The van der Waals surface area contributed by atoms with Crippen molar-refractivity contribution in [2.75, 3.05) is 19.7 Å². The highest BCUT2D eigenvalue weighted by atomic mass is 16.5. The fourth-order valence-corrected chi connectivity index (χ4v) is 2.64. The van der Waals surface area contributed by atoms with Crippen LogP contribution in [0.15, 0.2) is 0 Å². The number of carbonyl (C=O) groups is 2. The van der Waals surface area contributed by atoms with Gasteiger partial charge in [-0.3, -0.25) is 9.59 Å². The molecule has 0 bridgehead atoms. The largest absolute Gasteiger partial charge is 0.465 e. The van der Waals surface area contributed by atoms with Gasteiger partial charge in [0.05, 0.1) is 6.61 Å². The molecule has 0 radical (unpaired) electrons. The molecule has 1 amide bonds. The Kier molecular flexibility index (Phi) is 5.63. The van der Waals surface area contributed by atoms with Crippen LogP contribution in [0.25, 0.3) is 0 Å². The second-order valence-electron chi connectivity index (χ2n) is 5.30. The average Bonchev–Trinajstić information content (AvgIpc) is 2.76. The van der Waals surface area contributed by atoms with Crippen LogP contribution in [0, 0.1) is 5.41 Å². The monoisotopic (exact) mass is 255 g/mol. The Morgan fingerprint density at radius 3 is 2.33 bits per heavy atom. The third-order valence-corrected chi connectivity index (χ3v) is 3.63. The number of hydrogen-bond acceptors (Lipinski definition) is 3. The lowest BCUT2D eigenvalue weighted by molar-refractivity contribution is -0.152. The first-order valence-corrected chi connectivity index (χ1v) is 6.98. The number of rotatable bonds is 6. The Bertz CT molecular complexity index is 295. The molecule has 0 aromatic rings. The van der Waals surface area contributed by atoms with Crippen LogP contribution in [0.3, 0.4) is 0 Å². The molecule has 0 N–H and O–H groups in total. The maximum atomic E-state index is 12.5. The Morgan fingerprint density at radius 2 is 1.83 bits per heavy atom. The van der Waals surface area contributed by atoms with Crippen molar-refractivity contribution >= 4 is 11.9 Å². The predicted octanol–water partition coefficient (Wildman–Crippen LogP) is 2.37. The van der Waals surface area contributed by atoms with Gasteiger partial charge in [0.25, 0.3) is 0 Å². The first-order valence-electron chi connectivity index (χ1n) is 6.98. The molecule has 18 heavy (non-hydrogen) atoms. The molecular weight excluding hydrogens is 230 g/mol. The summed E-state index contributed by atoms with van der Waals surface area (Å²) in [6.45, 7) is 6.91. The molecule has 1 fully saturated rings. The van der Waals surface area contributed by atoms with E-state index in [0.717, 1.165) is 32.1 Å². The molecule has 4 heteroatoms. The SMILES string of the molecule is CCCN(CC(=O)OCC)C(=O)C1(C)CCCC1. The van der Waals surface area contributed by atoms with Gasteiger partial charge in [0.15, 0.2) is 0 Å². The van der Waals surface area contributed by atoms with E-state index in [1.165, 1.54) is 0 Å². The second-order valence-corrected chi connectivity index (χ2v) is 5.30. The Hall–Kier alpha value is -1.06. The summed E-state index contributed by atoms with van der Waals surface area (Å²) in [6, 6.07) is 0. The maximum Gasteiger partial charge on any atom is 0.325 e. The first-order chi connectivity index (χ1) is 8.53. The zero-order valence-electron chi connectivity index (χ0n) is 11.8. The van der Waals surface area contributed by atoms with E-state index in [-0.39, 0.29) is 23.8 Å². The molecule has 4 nitrogen and oxygen atoms in total. The molecule has 0 atom stereocenters. The molecule has 0 aromatic heterocycles. The zero-order valence-corrected chi connectivity index (χ0v) is 11.8. The Labute approximate surface area is 110 Å². The van der Waals surface area contributed by atoms with E-state index < -0.39 is 0 Å². The summed E-state index contributed by atoms with van der Waals surface area (Å²) in [4.78, 5) is 25.7. The van der Waals surface area contributed by atoms with E-state index in [4.69, 9.17) is 4.74 Å². The normalized spacial score (nSPS) is 17.5. The summed E-state index contributed by atoms with van der Waals surface area (Å²) < 4.78 is 4.93. The van der Waals surface area contributed by atoms with E-state index in [9.17, 15) is 9.59 Å². The van der Waals surface area contributed by atoms with Gasteiger partial charge in [-0.05, 0) is 26.2 Å². The highest BCUT2D eigenvalue weighted by Crippen LogP contribution is 2.39. The topological polar surface area (TPSA) is 46.6 Å². The first kappa shape index (κ1) is 15.0. The van der Waals surface area contributed by atoms with Crippen LogP contribution in [0.1, 0.15) is 52.9 Å². The summed E-state index contributed by atoms with van der Waals surface area (Å²) in [5.41, 5.74) is -0.262. The molecule has 1 saturated carbocycles. The summed E-state index contributed by atoms with van der Waals surface area (Å²) >= 11 is 0. The Morgan fingerprint density at radius 1 is 1.22 bits per heavy atom. The van der Waals surface area contributed by atoms with Crippen LogP contribution in [-0.2, 0) is 14.3 Å². The minimum atomic E-state index is -0.305. The van der Waals surface area contributed by atoms with Crippen LogP contribution < -0.4 is 0 Å². The predicted molar refractivity (Wildman–Crippen MR) is 70.1 cm³/mol. The van der Waals surface area contributed by atoms with Crippen molar-refractivity contribution in [2.45, 2.75) is 52.9 Å². The highest BCUT2D eigenvalue weighted by molar-refractivity contribution is 5.86. The average molecular weight is 255 g/mol. The maximum absolute atomic E-state index is 12.5. The van der Waals surface area contributed by atoms with Gasteiger partial charge in [-0.1, -0.05) is 26.7 Å². The molecule has 0 aliphatic heterocycles. The molecule has 0 heterocycles. The molecule has 0 spiro atoms. The molecule has 0 aromatic carbocycles. The van der Waals surface area contributed by atoms with Crippen LogP contribution in [-0.4, -0.2) is 36.5 Å². The molecular formula is C14H25NO3. The minimum Gasteiger partial charge on any atom is -0.465 e. The van der Waals surface area contributed by atoms with Crippen LogP contribution >= 0.6 is 0 Å². The van der Waals surface area contributed by atoms with Crippen molar-refractivity contribution in [2.24, 2.45) is 5.41 Å². The van der Waals surface area contributed by atoms with Gasteiger partial charge < -0.3 is 9.64 Å².